The zero-order valence-electron chi connectivity index (χ0n) is 35.7. The van der Waals surface area contributed by atoms with E-state index >= 15 is 0 Å². The Kier molecular flexibility index (Phi) is 7.91. The van der Waals surface area contributed by atoms with E-state index in [0.717, 1.165) is 17.1 Å². The summed E-state index contributed by atoms with van der Waals surface area (Å²) in [6, 6.07) is 79.5. The van der Waals surface area contributed by atoms with Gasteiger partial charge in [-0.1, -0.05) is 191 Å². The summed E-state index contributed by atoms with van der Waals surface area (Å²) in [5.41, 5.74) is 23.8. The first-order valence-electron chi connectivity index (χ1n) is 22.0. The van der Waals surface area contributed by atoms with Crippen molar-refractivity contribution in [3.05, 3.63) is 257 Å². The average molecular weight is 794 g/mol. The minimum atomic E-state index is -0.501. The fourth-order valence-electron chi connectivity index (χ4n) is 11.5. The highest BCUT2D eigenvalue weighted by atomic mass is 15.1. The molecule has 1 nitrogen and oxygen atoms in total. The van der Waals surface area contributed by atoms with Gasteiger partial charge in [0, 0.05) is 27.9 Å². The molecule has 0 unspecified atom stereocenters. The van der Waals surface area contributed by atoms with Crippen molar-refractivity contribution >= 4 is 17.1 Å². The molecule has 62 heavy (non-hydrogen) atoms. The SMILES string of the molecule is CC1(C)c2ccccc2-c2cc3c(cc21)-c1cc(N(c2ccc(-c4ccccc4)cc2)c2ccc4c(c2)C(c2ccccc2)(c2ccccc2)c2ccccc2-4)ccc1C3(C)C. The molecule has 3 aliphatic carbocycles. The van der Waals surface area contributed by atoms with Crippen LogP contribution in [0.3, 0.4) is 0 Å². The fourth-order valence-corrected chi connectivity index (χ4v) is 11.5. The van der Waals surface area contributed by atoms with Gasteiger partial charge in [-0.05, 0) is 138 Å². The Bertz CT molecular complexity index is 3170. The number of rotatable bonds is 6. The van der Waals surface area contributed by atoms with Crippen molar-refractivity contribution in [1.29, 1.82) is 0 Å². The molecule has 9 aromatic rings. The van der Waals surface area contributed by atoms with Crippen LogP contribution in [0, 0.1) is 0 Å². The molecule has 0 saturated carbocycles. The Morgan fingerprint density at radius 2 is 0.694 bits per heavy atom. The van der Waals surface area contributed by atoms with Crippen molar-refractivity contribution in [2.75, 3.05) is 4.90 Å². The smallest absolute Gasteiger partial charge is 0.0714 e. The lowest BCUT2D eigenvalue weighted by Gasteiger charge is -2.35. The largest absolute Gasteiger partial charge is 0.310 e. The monoisotopic (exact) mass is 793 g/mol. The number of hydrogen-bond acceptors (Lipinski definition) is 1. The summed E-state index contributed by atoms with van der Waals surface area (Å²) in [4.78, 5) is 2.48. The van der Waals surface area contributed by atoms with Gasteiger partial charge in [0.25, 0.3) is 0 Å². The second kappa shape index (κ2) is 13.4. The molecule has 3 aliphatic rings. The van der Waals surface area contributed by atoms with Crippen LogP contribution in [0.4, 0.5) is 17.1 Å². The Hall–Kier alpha value is -7.22. The Balaban J connectivity index is 1.08. The normalized spacial score (nSPS) is 15.2. The van der Waals surface area contributed by atoms with Crippen LogP contribution in [-0.4, -0.2) is 0 Å². The van der Waals surface area contributed by atoms with Crippen molar-refractivity contribution in [3.8, 4) is 44.5 Å². The molecule has 0 heterocycles. The van der Waals surface area contributed by atoms with Crippen molar-refractivity contribution in [1.82, 2.24) is 0 Å². The number of hydrogen-bond donors (Lipinski definition) is 0. The third-order valence-corrected chi connectivity index (χ3v) is 14.6. The van der Waals surface area contributed by atoms with Crippen LogP contribution in [0.5, 0.6) is 0 Å². The Labute approximate surface area is 365 Å². The predicted octanol–water partition coefficient (Wildman–Crippen LogP) is 15.8. The van der Waals surface area contributed by atoms with Crippen LogP contribution >= 0.6 is 0 Å². The molecule has 0 aromatic heterocycles. The summed E-state index contributed by atoms with van der Waals surface area (Å²) in [5.74, 6) is 0. The number of benzene rings is 9. The minimum Gasteiger partial charge on any atom is -0.310 e. The van der Waals surface area contributed by atoms with Crippen molar-refractivity contribution in [2.45, 2.75) is 43.9 Å². The molecule has 296 valence electrons. The number of fused-ring (bicyclic) bond motifs is 9. The van der Waals surface area contributed by atoms with E-state index < -0.39 is 5.41 Å². The maximum absolute atomic E-state index is 2.53. The van der Waals surface area contributed by atoms with Gasteiger partial charge in [-0.15, -0.1) is 0 Å². The maximum atomic E-state index is 2.53. The van der Waals surface area contributed by atoms with Crippen molar-refractivity contribution in [2.24, 2.45) is 0 Å². The quantitative estimate of drug-likeness (QED) is 0.162. The Morgan fingerprint density at radius 1 is 0.274 bits per heavy atom. The second-order valence-corrected chi connectivity index (χ2v) is 18.5. The van der Waals surface area contributed by atoms with Crippen LogP contribution < -0.4 is 4.90 Å². The molecule has 0 amide bonds. The van der Waals surface area contributed by atoms with Crippen LogP contribution in [0.25, 0.3) is 44.5 Å². The third-order valence-electron chi connectivity index (χ3n) is 14.6. The molecule has 0 spiro atoms. The Morgan fingerprint density at radius 3 is 1.32 bits per heavy atom. The van der Waals surface area contributed by atoms with E-state index in [9.17, 15) is 0 Å². The molecule has 0 aliphatic heterocycles. The molecular weight excluding hydrogens is 747 g/mol. The van der Waals surface area contributed by atoms with Crippen LogP contribution in [0.15, 0.2) is 212 Å². The summed E-state index contributed by atoms with van der Waals surface area (Å²) >= 11 is 0. The third kappa shape index (κ3) is 5.09. The molecular formula is C61H47N. The maximum Gasteiger partial charge on any atom is 0.0714 e. The molecule has 1 heteroatoms. The molecule has 12 rings (SSSR count). The lowest BCUT2D eigenvalue weighted by atomic mass is 9.67. The standard InChI is InChI=1S/C61H47N/c1-59(2)53-26-16-14-25-48(53)51-38-57-52(39-56(51)59)50-36-45(33-35-54(50)60(57,3)4)62(44-30-28-41(29-31-44)40-18-8-5-9-19-40)46-32-34-49-47-24-15-17-27-55(47)61(58(49)37-46,42-20-10-6-11-21-42)43-22-12-7-13-23-43/h5-39H,1-4H3. The fraction of sp³-hybridized carbons (Fsp3) is 0.115. The first-order valence-corrected chi connectivity index (χ1v) is 22.0. The van der Waals surface area contributed by atoms with Gasteiger partial charge < -0.3 is 4.90 Å². The van der Waals surface area contributed by atoms with E-state index in [1.165, 1.54) is 89.0 Å². The van der Waals surface area contributed by atoms with Gasteiger partial charge in [-0.3, -0.25) is 0 Å². The van der Waals surface area contributed by atoms with Gasteiger partial charge in [0.15, 0.2) is 0 Å². The van der Waals surface area contributed by atoms with Gasteiger partial charge in [-0.25, -0.2) is 0 Å². The lowest BCUT2D eigenvalue weighted by molar-refractivity contribution is 0.652. The molecule has 0 N–H and O–H groups in total. The van der Waals surface area contributed by atoms with Gasteiger partial charge in [0.1, 0.15) is 0 Å². The summed E-state index contributed by atoms with van der Waals surface area (Å²) in [6.45, 7) is 9.58. The van der Waals surface area contributed by atoms with E-state index in [4.69, 9.17) is 0 Å². The van der Waals surface area contributed by atoms with Crippen LogP contribution in [0.1, 0.15) is 72.2 Å². The van der Waals surface area contributed by atoms with Crippen LogP contribution in [-0.2, 0) is 16.2 Å². The average Bonchev–Trinajstić information content (AvgIpc) is 3.83. The van der Waals surface area contributed by atoms with Gasteiger partial charge in [-0.2, -0.15) is 0 Å². The molecule has 0 saturated heterocycles. The second-order valence-electron chi connectivity index (χ2n) is 18.5. The molecule has 0 radical (unpaired) electrons. The molecule has 9 aromatic carbocycles. The highest BCUT2D eigenvalue weighted by molar-refractivity contribution is 5.93. The number of nitrogens with zero attached hydrogens (tertiary/aromatic N) is 1. The summed E-state index contributed by atoms with van der Waals surface area (Å²) < 4.78 is 0. The zero-order chi connectivity index (χ0) is 41.8. The summed E-state index contributed by atoms with van der Waals surface area (Å²) in [6.07, 6.45) is 0. The van der Waals surface area contributed by atoms with Crippen molar-refractivity contribution in [3.63, 3.8) is 0 Å². The number of anilines is 3. The van der Waals surface area contributed by atoms with Gasteiger partial charge in [0.05, 0.1) is 5.41 Å². The molecule has 0 fully saturated rings. The highest BCUT2D eigenvalue weighted by Crippen LogP contribution is 2.59. The molecule has 0 atom stereocenters. The topological polar surface area (TPSA) is 3.24 Å². The van der Waals surface area contributed by atoms with Gasteiger partial charge in [0.2, 0.25) is 0 Å². The predicted molar refractivity (Wildman–Crippen MR) is 259 cm³/mol. The minimum absolute atomic E-state index is 0.0794. The van der Waals surface area contributed by atoms with Crippen LogP contribution in [0.2, 0.25) is 0 Å². The highest BCUT2D eigenvalue weighted by Gasteiger charge is 2.47. The van der Waals surface area contributed by atoms with E-state index in [1.807, 2.05) is 0 Å². The van der Waals surface area contributed by atoms with E-state index in [-0.39, 0.29) is 10.8 Å². The lowest BCUT2D eigenvalue weighted by Crippen LogP contribution is -2.28. The van der Waals surface area contributed by atoms with Crippen molar-refractivity contribution < 1.29 is 0 Å². The van der Waals surface area contributed by atoms with E-state index in [2.05, 4.69) is 245 Å². The molecule has 0 bridgehead atoms. The first kappa shape index (κ1) is 36.6. The van der Waals surface area contributed by atoms with Gasteiger partial charge >= 0.3 is 0 Å². The summed E-state index contributed by atoms with van der Waals surface area (Å²) in [7, 11) is 0. The summed E-state index contributed by atoms with van der Waals surface area (Å²) in [5, 5.41) is 0. The zero-order valence-corrected chi connectivity index (χ0v) is 35.7. The first-order chi connectivity index (χ1) is 30.3. The van der Waals surface area contributed by atoms with E-state index in [0.29, 0.717) is 0 Å². The van der Waals surface area contributed by atoms with E-state index in [1.54, 1.807) is 0 Å².